The van der Waals surface area contributed by atoms with Crippen LogP contribution in [0.3, 0.4) is 0 Å². The van der Waals surface area contributed by atoms with Gasteiger partial charge in [0.1, 0.15) is 18.9 Å². The average Bonchev–Trinajstić information content (AvgIpc) is 2.99. The van der Waals surface area contributed by atoms with Gasteiger partial charge in [0.2, 0.25) is 5.67 Å². The molecule has 6 heteroatoms. The molecule has 1 unspecified atom stereocenters. The molecule has 0 amide bonds. The van der Waals surface area contributed by atoms with Crippen LogP contribution in [0.15, 0.2) is 60.7 Å². The Kier molecular flexibility index (Phi) is 6.90. The molecule has 3 rings (SSSR count). The Bertz CT molecular complexity index is 685. The van der Waals surface area contributed by atoms with Crippen LogP contribution in [0, 0.1) is 0 Å². The molecule has 4 nitrogen and oxygen atoms in total. The summed E-state index contributed by atoms with van der Waals surface area (Å²) < 4.78 is 50.9. The van der Waals surface area contributed by atoms with Gasteiger partial charge in [-0.3, -0.25) is 0 Å². The third kappa shape index (κ3) is 4.71. The molecule has 1 aliphatic heterocycles. The molecule has 0 saturated carbocycles. The second-order valence-electron chi connectivity index (χ2n) is 6.52. The largest absolute Gasteiger partial charge is 0.374 e. The average molecular weight is 378 g/mol. The molecular formula is C21H24F2O4. The molecule has 1 aliphatic rings. The molecule has 0 N–H and O–H groups in total. The first kappa shape index (κ1) is 19.9. The third-order valence-corrected chi connectivity index (χ3v) is 4.59. The standard InChI is InChI=1S/C21H24F2O4/c1-24-20-21(23,15-22)19(26-13-17-10-6-3-7-11-17)18(27-20)14-25-12-16-8-4-2-5-9-16/h2-11,18-20H,12-15H2,1H3/t18-,19+,20-,21?/m1/s1. The summed E-state index contributed by atoms with van der Waals surface area (Å²) in [5, 5.41) is 0. The van der Waals surface area contributed by atoms with Gasteiger partial charge in [-0.25, -0.2) is 8.78 Å². The quantitative estimate of drug-likeness (QED) is 0.664. The maximum atomic E-state index is 15.3. The first-order valence-electron chi connectivity index (χ1n) is 8.87. The van der Waals surface area contributed by atoms with E-state index in [0.717, 1.165) is 11.1 Å². The van der Waals surface area contributed by atoms with Crippen molar-refractivity contribution >= 4 is 0 Å². The van der Waals surface area contributed by atoms with Gasteiger partial charge < -0.3 is 18.9 Å². The summed E-state index contributed by atoms with van der Waals surface area (Å²) in [6, 6.07) is 18.9. The number of methoxy groups -OCH3 is 1. The second-order valence-corrected chi connectivity index (χ2v) is 6.52. The third-order valence-electron chi connectivity index (χ3n) is 4.59. The number of ether oxygens (including phenoxy) is 4. The van der Waals surface area contributed by atoms with Gasteiger partial charge >= 0.3 is 0 Å². The fourth-order valence-corrected chi connectivity index (χ4v) is 3.18. The maximum absolute atomic E-state index is 15.3. The summed E-state index contributed by atoms with van der Waals surface area (Å²) >= 11 is 0. The minimum Gasteiger partial charge on any atom is -0.374 e. The minimum atomic E-state index is -2.38. The topological polar surface area (TPSA) is 36.9 Å². The molecule has 4 atom stereocenters. The molecule has 0 aromatic heterocycles. The molecule has 2 aromatic carbocycles. The van der Waals surface area contributed by atoms with Crippen LogP contribution in [-0.4, -0.2) is 44.6 Å². The predicted molar refractivity (Wildman–Crippen MR) is 96.6 cm³/mol. The fraction of sp³-hybridized carbons (Fsp3) is 0.429. The molecule has 2 aromatic rings. The highest BCUT2D eigenvalue weighted by Gasteiger charge is 2.59. The zero-order valence-corrected chi connectivity index (χ0v) is 15.2. The number of halogens is 2. The monoisotopic (exact) mass is 378 g/mol. The number of alkyl halides is 2. The van der Waals surface area contributed by atoms with Crippen LogP contribution < -0.4 is 0 Å². The van der Waals surface area contributed by atoms with E-state index in [1.165, 1.54) is 7.11 Å². The molecular weight excluding hydrogens is 354 g/mol. The van der Waals surface area contributed by atoms with E-state index in [0.29, 0.717) is 6.61 Å². The summed E-state index contributed by atoms with van der Waals surface area (Å²) in [5.74, 6) is 0. The zero-order valence-electron chi connectivity index (χ0n) is 15.2. The number of hydrogen-bond donors (Lipinski definition) is 0. The first-order chi connectivity index (χ1) is 13.2. The molecule has 0 spiro atoms. The lowest BCUT2D eigenvalue weighted by atomic mass is 9.98. The van der Waals surface area contributed by atoms with Crippen LogP contribution in [0.25, 0.3) is 0 Å². The lowest BCUT2D eigenvalue weighted by Crippen LogP contribution is -2.48. The SMILES string of the molecule is CO[C@@H]1O[C@H](COCc2ccccc2)[C@H](OCc2ccccc2)C1(F)CF. The van der Waals surface area contributed by atoms with Gasteiger partial charge in [-0.1, -0.05) is 60.7 Å². The van der Waals surface area contributed by atoms with Crippen molar-refractivity contribution in [3.05, 3.63) is 71.8 Å². The number of hydrogen-bond acceptors (Lipinski definition) is 4. The zero-order chi connectivity index (χ0) is 19.1. The van der Waals surface area contributed by atoms with Gasteiger partial charge in [-0.15, -0.1) is 0 Å². The maximum Gasteiger partial charge on any atom is 0.217 e. The van der Waals surface area contributed by atoms with Gasteiger partial charge in [-0.05, 0) is 11.1 Å². The van der Waals surface area contributed by atoms with Crippen molar-refractivity contribution in [1.29, 1.82) is 0 Å². The highest BCUT2D eigenvalue weighted by molar-refractivity contribution is 5.14. The van der Waals surface area contributed by atoms with Crippen molar-refractivity contribution in [3.8, 4) is 0 Å². The van der Waals surface area contributed by atoms with Crippen molar-refractivity contribution in [2.45, 2.75) is 37.4 Å². The fourth-order valence-electron chi connectivity index (χ4n) is 3.18. The van der Waals surface area contributed by atoms with E-state index < -0.39 is 30.8 Å². The summed E-state index contributed by atoms with van der Waals surface area (Å²) in [6.07, 6.45) is -3.25. The van der Waals surface area contributed by atoms with Gasteiger partial charge in [-0.2, -0.15) is 0 Å². The van der Waals surface area contributed by atoms with E-state index in [1.807, 2.05) is 60.7 Å². The predicted octanol–water partition coefficient (Wildman–Crippen LogP) is 3.84. The molecule has 0 radical (unpaired) electrons. The highest BCUT2D eigenvalue weighted by atomic mass is 19.2. The minimum absolute atomic E-state index is 0.0693. The smallest absolute Gasteiger partial charge is 0.217 e. The van der Waals surface area contributed by atoms with E-state index in [9.17, 15) is 4.39 Å². The van der Waals surface area contributed by atoms with Gasteiger partial charge in [0.15, 0.2) is 6.29 Å². The van der Waals surface area contributed by atoms with E-state index >= 15 is 4.39 Å². The van der Waals surface area contributed by atoms with Crippen molar-refractivity contribution in [1.82, 2.24) is 0 Å². The van der Waals surface area contributed by atoms with E-state index in [4.69, 9.17) is 18.9 Å². The Hall–Kier alpha value is -1.86. The van der Waals surface area contributed by atoms with Crippen LogP contribution in [0.5, 0.6) is 0 Å². The molecule has 1 heterocycles. The van der Waals surface area contributed by atoms with Gasteiger partial charge in [0.25, 0.3) is 0 Å². The molecule has 0 bridgehead atoms. The van der Waals surface area contributed by atoms with Crippen LogP contribution in [-0.2, 0) is 32.2 Å². The molecule has 27 heavy (non-hydrogen) atoms. The molecule has 1 saturated heterocycles. The van der Waals surface area contributed by atoms with Crippen LogP contribution in [0.4, 0.5) is 8.78 Å². The normalized spacial score (nSPS) is 27.7. The van der Waals surface area contributed by atoms with Crippen LogP contribution in [0.1, 0.15) is 11.1 Å². The van der Waals surface area contributed by atoms with E-state index in [-0.39, 0.29) is 13.2 Å². The Balaban J connectivity index is 1.65. The van der Waals surface area contributed by atoms with Gasteiger partial charge in [0, 0.05) is 7.11 Å². The van der Waals surface area contributed by atoms with Crippen molar-refractivity contribution in [2.75, 3.05) is 20.4 Å². The van der Waals surface area contributed by atoms with Crippen molar-refractivity contribution in [3.63, 3.8) is 0 Å². The van der Waals surface area contributed by atoms with Gasteiger partial charge in [0.05, 0.1) is 19.8 Å². The highest BCUT2D eigenvalue weighted by Crippen LogP contribution is 2.38. The number of rotatable bonds is 9. The summed E-state index contributed by atoms with van der Waals surface area (Å²) in [4.78, 5) is 0. The Labute approximate surface area is 158 Å². The van der Waals surface area contributed by atoms with E-state index in [2.05, 4.69) is 0 Å². The van der Waals surface area contributed by atoms with Crippen LogP contribution >= 0.6 is 0 Å². The lowest BCUT2D eigenvalue weighted by Gasteiger charge is -2.28. The summed E-state index contributed by atoms with van der Waals surface area (Å²) in [6.45, 7) is -0.704. The summed E-state index contributed by atoms with van der Waals surface area (Å²) in [7, 11) is 1.29. The van der Waals surface area contributed by atoms with Crippen molar-refractivity contribution in [2.24, 2.45) is 0 Å². The van der Waals surface area contributed by atoms with E-state index in [1.54, 1.807) is 0 Å². The second kappa shape index (κ2) is 9.37. The molecule has 0 aliphatic carbocycles. The Morgan fingerprint density at radius 3 is 2.11 bits per heavy atom. The van der Waals surface area contributed by atoms with Crippen LogP contribution in [0.2, 0.25) is 0 Å². The molecule has 146 valence electrons. The molecule has 1 fully saturated rings. The summed E-state index contributed by atoms with van der Waals surface area (Å²) in [5.41, 5.74) is -0.536. The lowest BCUT2D eigenvalue weighted by molar-refractivity contribution is -0.175. The van der Waals surface area contributed by atoms with Crippen molar-refractivity contribution < 1.29 is 27.7 Å². The number of benzene rings is 2. The Morgan fingerprint density at radius 1 is 0.963 bits per heavy atom. The Morgan fingerprint density at radius 2 is 1.56 bits per heavy atom. The first-order valence-corrected chi connectivity index (χ1v) is 8.87.